The first kappa shape index (κ1) is 16.8. The van der Waals surface area contributed by atoms with Crippen LogP contribution >= 0.6 is 15.9 Å². The van der Waals surface area contributed by atoms with Gasteiger partial charge >= 0.3 is 6.09 Å². The number of piperidine rings is 1. The number of amides is 1. The highest BCUT2D eigenvalue weighted by Gasteiger charge is 2.49. The summed E-state index contributed by atoms with van der Waals surface area (Å²) in [6.07, 6.45) is 3.34. The summed E-state index contributed by atoms with van der Waals surface area (Å²) in [4.78, 5) is 23.2. The predicted molar refractivity (Wildman–Crippen MR) is 96.2 cm³/mol. The Labute approximate surface area is 154 Å². The molecule has 3 atom stereocenters. The Morgan fingerprint density at radius 3 is 2.68 bits per heavy atom. The second kappa shape index (κ2) is 5.65. The average Bonchev–Trinajstić information content (AvgIpc) is 3.18. The largest absolute Gasteiger partial charge is 0.444 e. The second-order valence-corrected chi connectivity index (χ2v) is 8.75. The van der Waals surface area contributed by atoms with Crippen LogP contribution in [0.5, 0.6) is 0 Å². The second-order valence-electron chi connectivity index (χ2n) is 8.00. The molecular formula is C17H22BrN5O2. The molecule has 2 aromatic rings. The third-order valence-electron chi connectivity index (χ3n) is 5.03. The third kappa shape index (κ3) is 2.80. The van der Waals surface area contributed by atoms with E-state index in [0.29, 0.717) is 5.92 Å². The summed E-state index contributed by atoms with van der Waals surface area (Å²) in [6, 6.07) is 0.222. The van der Waals surface area contributed by atoms with E-state index < -0.39 is 5.60 Å². The molecule has 0 aromatic carbocycles. The molecule has 0 unspecified atom stereocenters. The molecule has 0 spiro atoms. The van der Waals surface area contributed by atoms with Gasteiger partial charge in [0.15, 0.2) is 5.65 Å². The van der Waals surface area contributed by atoms with E-state index in [1.165, 1.54) is 0 Å². The number of carbonyl (C=O) groups excluding carboxylic acids is 1. The van der Waals surface area contributed by atoms with Crippen molar-refractivity contribution in [2.75, 3.05) is 6.54 Å². The van der Waals surface area contributed by atoms with Crippen molar-refractivity contribution in [2.45, 2.75) is 58.2 Å². The summed E-state index contributed by atoms with van der Waals surface area (Å²) in [7, 11) is 0. The van der Waals surface area contributed by atoms with E-state index in [-0.39, 0.29) is 18.2 Å². The zero-order valence-electron chi connectivity index (χ0n) is 14.9. The molecule has 25 heavy (non-hydrogen) atoms. The van der Waals surface area contributed by atoms with Gasteiger partial charge in [-0.2, -0.15) is 5.10 Å². The van der Waals surface area contributed by atoms with Gasteiger partial charge in [-0.1, -0.05) is 0 Å². The minimum Gasteiger partial charge on any atom is -0.444 e. The molecule has 2 aliphatic rings. The molecule has 3 heterocycles. The molecule has 1 saturated carbocycles. The molecule has 1 saturated heterocycles. The number of hydrogen-bond donors (Lipinski definition) is 0. The number of fused-ring (bicyclic) bond motifs is 3. The van der Waals surface area contributed by atoms with E-state index in [0.717, 1.165) is 40.7 Å². The maximum absolute atomic E-state index is 12.6. The number of rotatable bonds is 1. The van der Waals surface area contributed by atoms with Gasteiger partial charge in [-0.05, 0) is 62.4 Å². The van der Waals surface area contributed by atoms with E-state index in [2.05, 4.69) is 31.0 Å². The van der Waals surface area contributed by atoms with Crippen LogP contribution in [-0.2, 0) is 4.74 Å². The zero-order valence-corrected chi connectivity index (χ0v) is 16.4. The van der Waals surface area contributed by atoms with Gasteiger partial charge in [0.2, 0.25) is 0 Å². The first-order valence-corrected chi connectivity index (χ1v) is 9.39. The lowest BCUT2D eigenvalue weighted by atomic mass is 10.1. The van der Waals surface area contributed by atoms with Crippen LogP contribution in [-0.4, -0.2) is 48.9 Å². The monoisotopic (exact) mass is 407 g/mol. The van der Waals surface area contributed by atoms with Crippen molar-refractivity contribution < 1.29 is 9.53 Å². The van der Waals surface area contributed by atoms with Crippen LogP contribution in [0.4, 0.5) is 4.79 Å². The van der Waals surface area contributed by atoms with E-state index in [1.54, 1.807) is 6.33 Å². The fourth-order valence-electron chi connectivity index (χ4n) is 4.08. The van der Waals surface area contributed by atoms with E-state index in [4.69, 9.17) is 4.74 Å². The third-order valence-corrected chi connectivity index (χ3v) is 5.58. The van der Waals surface area contributed by atoms with Gasteiger partial charge in [-0.15, -0.1) is 0 Å². The molecule has 1 aliphatic carbocycles. The Morgan fingerprint density at radius 1 is 1.28 bits per heavy atom. The number of nitrogens with zero attached hydrogens (tertiary/aromatic N) is 5. The zero-order chi connectivity index (χ0) is 17.9. The molecular weight excluding hydrogens is 386 g/mol. The van der Waals surface area contributed by atoms with E-state index in [9.17, 15) is 4.79 Å². The van der Waals surface area contributed by atoms with Crippen molar-refractivity contribution in [3.05, 3.63) is 16.6 Å². The van der Waals surface area contributed by atoms with Crippen LogP contribution in [0, 0.1) is 12.8 Å². The summed E-state index contributed by atoms with van der Waals surface area (Å²) in [5.74, 6) is 0.489. The highest BCUT2D eigenvalue weighted by Crippen LogP contribution is 2.46. The van der Waals surface area contributed by atoms with Gasteiger partial charge in [-0.3, -0.25) is 0 Å². The SMILES string of the molecule is Cc1ncnc2c1c(Br)nn2[C@@H]1C[C@H]2C[C@@H]1N(C(=O)OC(C)(C)C)C2. The van der Waals surface area contributed by atoms with Gasteiger partial charge in [-0.25, -0.2) is 19.4 Å². The molecule has 1 amide bonds. The number of hydrogen-bond acceptors (Lipinski definition) is 5. The van der Waals surface area contributed by atoms with Crippen molar-refractivity contribution in [3.63, 3.8) is 0 Å². The van der Waals surface area contributed by atoms with Crippen LogP contribution in [0.2, 0.25) is 0 Å². The number of halogens is 1. The standard InChI is InChI=1S/C17H22BrN5O2/c1-9-13-14(18)21-23(15(13)20-8-19-9)12-6-10-5-11(12)22(7-10)16(24)25-17(2,3)4/h8,10-12H,5-7H2,1-4H3/t10-,11+,12-/m1/s1. The molecule has 2 fully saturated rings. The Morgan fingerprint density at radius 2 is 2.00 bits per heavy atom. The summed E-state index contributed by atoms with van der Waals surface area (Å²) >= 11 is 3.54. The highest BCUT2D eigenvalue weighted by molar-refractivity contribution is 9.10. The molecule has 0 N–H and O–H groups in total. The fraction of sp³-hybridized carbons (Fsp3) is 0.647. The molecule has 2 aromatic heterocycles. The number of carbonyl (C=O) groups is 1. The van der Waals surface area contributed by atoms with Gasteiger partial charge in [0.25, 0.3) is 0 Å². The molecule has 134 valence electrons. The van der Waals surface area contributed by atoms with Crippen LogP contribution in [0.1, 0.15) is 45.3 Å². The number of aromatic nitrogens is 4. The lowest BCUT2D eigenvalue weighted by Crippen LogP contribution is -2.45. The van der Waals surface area contributed by atoms with E-state index in [1.807, 2.05) is 37.3 Å². The Kier molecular flexibility index (Phi) is 3.79. The van der Waals surface area contributed by atoms with Crippen LogP contribution in [0.15, 0.2) is 10.9 Å². The molecule has 7 nitrogen and oxygen atoms in total. The van der Waals surface area contributed by atoms with Crippen molar-refractivity contribution in [2.24, 2.45) is 5.92 Å². The molecule has 8 heteroatoms. The van der Waals surface area contributed by atoms with Crippen LogP contribution < -0.4 is 0 Å². The normalized spacial score (nSPS) is 25.8. The topological polar surface area (TPSA) is 73.1 Å². The highest BCUT2D eigenvalue weighted by atomic mass is 79.9. The Balaban J connectivity index is 1.67. The lowest BCUT2D eigenvalue weighted by molar-refractivity contribution is 0.0135. The molecule has 0 radical (unpaired) electrons. The van der Waals surface area contributed by atoms with Crippen LogP contribution in [0.3, 0.4) is 0 Å². The van der Waals surface area contributed by atoms with Crippen molar-refractivity contribution in [3.8, 4) is 0 Å². The quantitative estimate of drug-likeness (QED) is 0.723. The predicted octanol–water partition coefficient (Wildman–Crippen LogP) is 3.47. The van der Waals surface area contributed by atoms with Gasteiger partial charge in [0, 0.05) is 6.54 Å². The lowest BCUT2D eigenvalue weighted by Gasteiger charge is -2.34. The van der Waals surface area contributed by atoms with Crippen LogP contribution in [0.25, 0.3) is 11.0 Å². The molecule has 4 rings (SSSR count). The Hall–Kier alpha value is -1.70. The van der Waals surface area contributed by atoms with Crippen molar-refractivity contribution in [1.29, 1.82) is 0 Å². The number of likely N-dealkylation sites (tertiary alicyclic amines) is 1. The van der Waals surface area contributed by atoms with Crippen molar-refractivity contribution in [1.82, 2.24) is 24.6 Å². The van der Waals surface area contributed by atoms with Gasteiger partial charge in [0.05, 0.1) is 23.2 Å². The summed E-state index contributed by atoms with van der Waals surface area (Å²) in [5, 5.41) is 5.61. The number of aryl methyl sites for hydroxylation is 1. The number of ether oxygens (including phenoxy) is 1. The average molecular weight is 408 g/mol. The summed E-state index contributed by atoms with van der Waals surface area (Å²) < 4.78 is 8.32. The van der Waals surface area contributed by atoms with Gasteiger partial charge < -0.3 is 9.64 Å². The molecule has 1 aliphatic heterocycles. The smallest absolute Gasteiger partial charge is 0.410 e. The maximum Gasteiger partial charge on any atom is 0.410 e. The fourth-order valence-corrected chi connectivity index (χ4v) is 4.72. The summed E-state index contributed by atoms with van der Waals surface area (Å²) in [6.45, 7) is 8.41. The first-order valence-electron chi connectivity index (χ1n) is 8.59. The molecule has 2 bridgehead atoms. The minimum absolute atomic E-state index is 0.102. The minimum atomic E-state index is -0.486. The van der Waals surface area contributed by atoms with Gasteiger partial charge in [0.1, 0.15) is 16.5 Å². The summed E-state index contributed by atoms with van der Waals surface area (Å²) in [5.41, 5.74) is 1.23. The Bertz CT molecular complexity index is 843. The first-order chi connectivity index (χ1) is 11.7. The van der Waals surface area contributed by atoms with Crippen molar-refractivity contribution >= 4 is 33.1 Å². The maximum atomic E-state index is 12.6. The van der Waals surface area contributed by atoms with E-state index >= 15 is 0 Å².